The summed E-state index contributed by atoms with van der Waals surface area (Å²) in [5, 5.41) is 0. The Balaban J connectivity index is 1.74. The molecule has 0 aromatic heterocycles. The number of rotatable bonds is 6. The number of nitrogens with zero attached hydrogens (tertiary/aromatic N) is 1. The van der Waals surface area contributed by atoms with Gasteiger partial charge in [0.05, 0.1) is 0 Å². The van der Waals surface area contributed by atoms with Gasteiger partial charge < -0.3 is 4.90 Å². The summed E-state index contributed by atoms with van der Waals surface area (Å²) in [6, 6.07) is 11.7. The summed E-state index contributed by atoms with van der Waals surface area (Å²) < 4.78 is 0. The molecule has 1 saturated heterocycles. The molecule has 1 aromatic rings. The van der Waals surface area contributed by atoms with E-state index in [0.717, 1.165) is 12.5 Å². The first-order chi connectivity index (χ1) is 8.90. The lowest BCUT2D eigenvalue weighted by Gasteiger charge is -2.35. The molecule has 1 unspecified atom stereocenters. The Morgan fingerprint density at radius 1 is 1.17 bits per heavy atom. The van der Waals surface area contributed by atoms with Gasteiger partial charge in [-0.15, -0.1) is 0 Å². The van der Waals surface area contributed by atoms with Crippen LogP contribution in [0.25, 0.3) is 0 Å². The van der Waals surface area contributed by atoms with Gasteiger partial charge in [-0.3, -0.25) is 0 Å². The minimum atomic E-state index is 0.812. The van der Waals surface area contributed by atoms with Crippen LogP contribution < -0.4 is 0 Å². The number of piperidine rings is 1. The van der Waals surface area contributed by atoms with Crippen molar-refractivity contribution in [3.63, 3.8) is 0 Å². The molecule has 0 amide bonds. The number of aryl methyl sites for hydroxylation is 1. The van der Waals surface area contributed by atoms with Gasteiger partial charge in [0.2, 0.25) is 0 Å². The van der Waals surface area contributed by atoms with Crippen LogP contribution in [0.1, 0.15) is 44.1 Å². The van der Waals surface area contributed by atoms with Gasteiger partial charge in [0.25, 0.3) is 0 Å². The second kappa shape index (κ2) is 7.58. The zero-order valence-corrected chi connectivity index (χ0v) is 11.5. The van der Waals surface area contributed by atoms with Crippen molar-refractivity contribution in [1.29, 1.82) is 0 Å². The normalized spacial score (nSPS) is 21.1. The lowest BCUT2D eigenvalue weighted by molar-refractivity contribution is 0.139. The minimum absolute atomic E-state index is 0.812. The van der Waals surface area contributed by atoms with Crippen molar-refractivity contribution in [1.82, 2.24) is 4.90 Å². The average molecular weight is 244 g/mol. The Kier molecular flexibility index (Phi) is 5.73. The molecule has 1 aliphatic heterocycles. The highest BCUT2D eigenvalue weighted by molar-refractivity contribution is 5.14. The van der Waals surface area contributed by atoms with Crippen molar-refractivity contribution in [2.24, 2.45) is 0 Å². The van der Waals surface area contributed by atoms with Crippen molar-refractivity contribution in [3.05, 3.63) is 42.8 Å². The van der Waals surface area contributed by atoms with Crippen molar-refractivity contribution in [2.75, 3.05) is 13.1 Å². The molecule has 1 heteroatoms. The predicted octanol–water partition coefficient (Wildman–Crippen LogP) is 4.09. The van der Waals surface area contributed by atoms with Crippen LogP contribution in [0.5, 0.6) is 0 Å². The third-order valence-electron chi connectivity index (χ3n) is 4.04. The first-order valence-electron chi connectivity index (χ1n) is 7.47. The van der Waals surface area contributed by atoms with Crippen LogP contribution in [0, 0.1) is 6.92 Å². The summed E-state index contributed by atoms with van der Waals surface area (Å²) in [6.07, 6.45) is 9.07. The van der Waals surface area contributed by atoms with Crippen molar-refractivity contribution < 1.29 is 0 Å². The lowest BCUT2D eigenvalue weighted by Crippen LogP contribution is -2.40. The molecular formula is C17H26N. The number of likely N-dealkylation sites (tertiary alicyclic amines) is 1. The molecular weight excluding hydrogens is 218 g/mol. The molecule has 0 bridgehead atoms. The highest BCUT2D eigenvalue weighted by Gasteiger charge is 2.20. The van der Waals surface area contributed by atoms with Crippen LogP contribution in [0.4, 0.5) is 0 Å². The first kappa shape index (κ1) is 13.6. The van der Waals surface area contributed by atoms with E-state index in [4.69, 9.17) is 0 Å². The van der Waals surface area contributed by atoms with Crippen molar-refractivity contribution >= 4 is 0 Å². The summed E-state index contributed by atoms with van der Waals surface area (Å²) >= 11 is 0. The monoisotopic (exact) mass is 244 g/mol. The molecule has 1 fully saturated rings. The third-order valence-corrected chi connectivity index (χ3v) is 4.04. The van der Waals surface area contributed by atoms with E-state index in [9.17, 15) is 0 Å². The van der Waals surface area contributed by atoms with E-state index in [1.165, 1.54) is 57.2 Å². The maximum absolute atomic E-state index is 4.02. The van der Waals surface area contributed by atoms with Gasteiger partial charge in [0, 0.05) is 6.04 Å². The van der Waals surface area contributed by atoms with E-state index < -0.39 is 0 Å². The second-order valence-electron chi connectivity index (χ2n) is 5.42. The number of hydrogen-bond acceptors (Lipinski definition) is 1. The summed E-state index contributed by atoms with van der Waals surface area (Å²) in [4.78, 5) is 2.71. The molecule has 2 rings (SSSR count). The Labute approximate surface area is 112 Å². The molecule has 1 aromatic carbocycles. The van der Waals surface area contributed by atoms with Crippen LogP contribution >= 0.6 is 0 Å². The zero-order chi connectivity index (χ0) is 12.6. The smallest absolute Gasteiger partial charge is 0.00952 e. The van der Waals surface area contributed by atoms with Gasteiger partial charge in [-0.05, 0) is 50.8 Å². The van der Waals surface area contributed by atoms with Crippen LogP contribution in [0.2, 0.25) is 0 Å². The molecule has 1 atom stereocenters. The minimum Gasteiger partial charge on any atom is -0.300 e. The van der Waals surface area contributed by atoms with E-state index in [0.29, 0.717) is 0 Å². The topological polar surface area (TPSA) is 3.24 Å². The van der Waals surface area contributed by atoms with Crippen molar-refractivity contribution in [2.45, 2.75) is 51.0 Å². The van der Waals surface area contributed by atoms with Crippen LogP contribution in [-0.4, -0.2) is 24.0 Å². The fourth-order valence-corrected chi connectivity index (χ4v) is 3.05. The highest BCUT2D eigenvalue weighted by atomic mass is 15.2. The van der Waals surface area contributed by atoms with Gasteiger partial charge in [-0.1, -0.05) is 50.1 Å². The molecule has 1 radical (unpaired) electrons. The van der Waals surface area contributed by atoms with E-state index in [1.807, 2.05) is 0 Å². The van der Waals surface area contributed by atoms with Gasteiger partial charge in [0.1, 0.15) is 0 Å². The summed E-state index contributed by atoms with van der Waals surface area (Å²) in [6.45, 7) is 6.58. The predicted molar refractivity (Wildman–Crippen MR) is 78.6 cm³/mol. The third kappa shape index (κ3) is 4.13. The molecule has 1 nitrogen and oxygen atoms in total. The molecule has 0 spiro atoms. The van der Waals surface area contributed by atoms with E-state index in [2.05, 4.69) is 42.2 Å². The summed E-state index contributed by atoms with van der Waals surface area (Å²) in [7, 11) is 0. The number of benzene rings is 1. The van der Waals surface area contributed by atoms with Gasteiger partial charge in [0.15, 0.2) is 0 Å². The van der Waals surface area contributed by atoms with Crippen molar-refractivity contribution in [3.8, 4) is 0 Å². The van der Waals surface area contributed by atoms with Gasteiger partial charge >= 0.3 is 0 Å². The van der Waals surface area contributed by atoms with Gasteiger partial charge in [-0.25, -0.2) is 0 Å². The zero-order valence-electron chi connectivity index (χ0n) is 11.5. The molecule has 0 N–H and O–H groups in total. The first-order valence-corrected chi connectivity index (χ1v) is 7.47. The Morgan fingerprint density at radius 2 is 2.00 bits per heavy atom. The summed E-state index contributed by atoms with van der Waals surface area (Å²) in [5.41, 5.74) is 1.48. The van der Waals surface area contributed by atoms with Crippen LogP contribution in [-0.2, 0) is 6.42 Å². The van der Waals surface area contributed by atoms with E-state index >= 15 is 0 Å². The average Bonchev–Trinajstić information content (AvgIpc) is 2.42. The molecule has 0 saturated carbocycles. The summed E-state index contributed by atoms with van der Waals surface area (Å²) in [5.74, 6) is 0. The SMILES string of the molecule is [CH2]CCC1CCCCN1CCCc1ccccc1. The second-order valence-corrected chi connectivity index (χ2v) is 5.42. The number of hydrogen-bond donors (Lipinski definition) is 0. The molecule has 18 heavy (non-hydrogen) atoms. The van der Waals surface area contributed by atoms with E-state index in [1.54, 1.807) is 0 Å². The maximum atomic E-state index is 4.02. The fourth-order valence-electron chi connectivity index (χ4n) is 3.05. The largest absolute Gasteiger partial charge is 0.300 e. The van der Waals surface area contributed by atoms with Crippen LogP contribution in [0.15, 0.2) is 30.3 Å². The molecule has 1 heterocycles. The Morgan fingerprint density at radius 3 is 2.78 bits per heavy atom. The standard InChI is InChI=1S/C17H26N/c1-2-9-17-13-6-7-14-18(17)15-8-12-16-10-4-3-5-11-16/h3-5,10-11,17H,1-2,6-9,12-15H2. The highest BCUT2D eigenvalue weighted by Crippen LogP contribution is 2.21. The molecule has 0 aliphatic carbocycles. The van der Waals surface area contributed by atoms with E-state index in [-0.39, 0.29) is 0 Å². The van der Waals surface area contributed by atoms with Crippen LogP contribution in [0.3, 0.4) is 0 Å². The lowest BCUT2D eigenvalue weighted by atomic mass is 9.97. The Bertz CT molecular complexity index is 318. The maximum Gasteiger partial charge on any atom is 0.00952 e. The Hall–Kier alpha value is -0.820. The molecule has 99 valence electrons. The van der Waals surface area contributed by atoms with Gasteiger partial charge in [-0.2, -0.15) is 0 Å². The fraction of sp³-hybridized carbons (Fsp3) is 0.588. The quantitative estimate of drug-likeness (QED) is 0.728. The molecule has 1 aliphatic rings.